The first-order valence-electron chi connectivity index (χ1n) is 7.94. The Morgan fingerprint density at radius 2 is 1.95 bits per heavy atom. The molecule has 1 saturated heterocycles. The third-order valence-electron chi connectivity index (χ3n) is 4.77. The van der Waals surface area contributed by atoms with E-state index >= 15 is 0 Å². The molecule has 0 aromatic heterocycles. The predicted octanol–water partition coefficient (Wildman–Crippen LogP) is 3.94. The normalized spacial score (nSPS) is 27.4. The number of hydrogen-bond donors (Lipinski definition) is 1. The Hall–Kier alpha value is -0.730. The van der Waals surface area contributed by atoms with E-state index in [1.807, 2.05) is 12.1 Å². The molecule has 1 aliphatic heterocycles. The minimum Gasteiger partial charge on any atom is -0.370 e. The van der Waals surface area contributed by atoms with Gasteiger partial charge in [0, 0.05) is 29.8 Å². The number of nitrogens with zero attached hydrogens (tertiary/aromatic N) is 1. The molecule has 2 aliphatic rings. The average molecular weight is 293 g/mol. The number of hydrogen-bond acceptors (Lipinski definition) is 2. The fraction of sp³-hybridized carbons (Fsp3) is 0.647. The molecule has 0 amide bonds. The Labute approximate surface area is 127 Å². The standard InChI is InChI=1S/C17H25ClN2/c1-13-9-16(19-10-14-3-2-4-14)12-20(11-13)17-7-5-15(18)6-8-17/h5-8,13-14,16,19H,2-4,9-12H2,1H3. The lowest BCUT2D eigenvalue weighted by molar-refractivity contribution is 0.268. The van der Waals surface area contributed by atoms with Gasteiger partial charge < -0.3 is 10.2 Å². The van der Waals surface area contributed by atoms with E-state index in [9.17, 15) is 0 Å². The summed E-state index contributed by atoms with van der Waals surface area (Å²) in [6, 6.07) is 8.90. The van der Waals surface area contributed by atoms with E-state index in [1.54, 1.807) is 0 Å². The van der Waals surface area contributed by atoms with Crippen molar-refractivity contribution in [2.24, 2.45) is 11.8 Å². The van der Waals surface area contributed by atoms with E-state index in [-0.39, 0.29) is 0 Å². The van der Waals surface area contributed by atoms with Crippen molar-refractivity contribution in [1.29, 1.82) is 0 Å². The van der Waals surface area contributed by atoms with Crippen LogP contribution in [-0.4, -0.2) is 25.7 Å². The van der Waals surface area contributed by atoms with Crippen LogP contribution in [-0.2, 0) is 0 Å². The van der Waals surface area contributed by atoms with Gasteiger partial charge in [0.1, 0.15) is 0 Å². The van der Waals surface area contributed by atoms with Gasteiger partial charge in [0.05, 0.1) is 0 Å². The maximum absolute atomic E-state index is 5.98. The van der Waals surface area contributed by atoms with Gasteiger partial charge in [-0.05, 0) is 61.9 Å². The molecule has 110 valence electrons. The number of benzene rings is 1. The van der Waals surface area contributed by atoms with Crippen molar-refractivity contribution in [3.63, 3.8) is 0 Å². The number of halogens is 1. The Balaban J connectivity index is 1.58. The van der Waals surface area contributed by atoms with Crippen molar-refractivity contribution in [1.82, 2.24) is 5.32 Å². The smallest absolute Gasteiger partial charge is 0.0407 e. The summed E-state index contributed by atoms with van der Waals surface area (Å²) in [5, 5.41) is 4.62. The molecule has 1 heterocycles. The van der Waals surface area contributed by atoms with Gasteiger partial charge in [-0.3, -0.25) is 0 Å². The van der Waals surface area contributed by atoms with Gasteiger partial charge >= 0.3 is 0 Å². The maximum atomic E-state index is 5.98. The molecule has 2 unspecified atom stereocenters. The second-order valence-corrected chi connectivity index (χ2v) is 7.06. The highest BCUT2D eigenvalue weighted by Crippen LogP contribution is 2.27. The zero-order valence-corrected chi connectivity index (χ0v) is 13.1. The van der Waals surface area contributed by atoms with Crippen LogP contribution in [0.5, 0.6) is 0 Å². The molecule has 20 heavy (non-hydrogen) atoms. The van der Waals surface area contributed by atoms with Gasteiger partial charge in [0.15, 0.2) is 0 Å². The second kappa shape index (κ2) is 6.36. The quantitative estimate of drug-likeness (QED) is 0.904. The number of rotatable bonds is 4. The van der Waals surface area contributed by atoms with Crippen LogP contribution < -0.4 is 10.2 Å². The lowest BCUT2D eigenvalue weighted by Crippen LogP contribution is -2.50. The van der Waals surface area contributed by atoms with Crippen LogP contribution in [0.3, 0.4) is 0 Å². The summed E-state index contributed by atoms with van der Waals surface area (Å²) in [6.07, 6.45) is 5.59. The monoisotopic (exact) mass is 292 g/mol. The third kappa shape index (κ3) is 3.48. The van der Waals surface area contributed by atoms with E-state index in [4.69, 9.17) is 11.6 Å². The van der Waals surface area contributed by atoms with Crippen LogP contribution in [0, 0.1) is 11.8 Å². The summed E-state index contributed by atoms with van der Waals surface area (Å²) in [6.45, 7) is 5.86. The topological polar surface area (TPSA) is 15.3 Å². The highest BCUT2D eigenvalue weighted by molar-refractivity contribution is 6.30. The van der Waals surface area contributed by atoms with Gasteiger partial charge in [-0.25, -0.2) is 0 Å². The first kappa shape index (κ1) is 14.2. The zero-order valence-electron chi connectivity index (χ0n) is 12.3. The molecule has 1 aromatic carbocycles. The van der Waals surface area contributed by atoms with Crippen molar-refractivity contribution in [3.8, 4) is 0 Å². The van der Waals surface area contributed by atoms with Crippen LogP contribution in [0.4, 0.5) is 5.69 Å². The first-order valence-corrected chi connectivity index (χ1v) is 8.32. The third-order valence-corrected chi connectivity index (χ3v) is 5.02. The summed E-state index contributed by atoms with van der Waals surface area (Å²) in [4.78, 5) is 2.50. The molecule has 1 N–H and O–H groups in total. The molecular formula is C17H25ClN2. The second-order valence-electron chi connectivity index (χ2n) is 6.62. The van der Waals surface area contributed by atoms with Gasteiger partial charge in [-0.2, -0.15) is 0 Å². The lowest BCUT2D eigenvalue weighted by atomic mass is 9.85. The number of anilines is 1. The lowest BCUT2D eigenvalue weighted by Gasteiger charge is -2.39. The number of piperidine rings is 1. The van der Waals surface area contributed by atoms with Crippen LogP contribution >= 0.6 is 11.6 Å². The fourth-order valence-corrected chi connectivity index (χ4v) is 3.52. The SMILES string of the molecule is CC1CC(NCC2CCC2)CN(c2ccc(Cl)cc2)C1. The van der Waals surface area contributed by atoms with E-state index < -0.39 is 0 Å². The molecule has 3 rings (SSSR count). The average Bonchev–Trinajstić information content (AvgIpc) is 2.37. The van der Waals surface area contributed by atoms with Crippen LogP contribution in [0.2, 0.25) is 5.02 Å². The molecule has 1 saturated carbocycles. The van der Waals surface area contributed by atoms with Crippen molar-refractivity contribution in [2.75, 3.05) is 24.5 Å². The zero-order chi connectivity index (χ0) is 13.9. The van der Waals surface area contributed by atoms with Gasteiger partial charge in [0.2, 0.25) is 0 Å². The van der Waals surface area contributed by atoms with Gasteiger partial charge in [-0.1, -0.05) is 24.9 Å². The predicted molar refractivity (Wildman–Crippen MR) is 86.6 cm³/mol. The Morgan fingerprint density at radius 1 is 1.20 bits per heavy atom. The highest BCUT2D eigenvalue weighted by atomic mass is 35.5. The molecule has 0 spiro atoms. The summed E-state index contributed by atoms with van der Waals surface area (Å²) in [5.74, 6) is 1.69. The maximum Gasteiger partial charge on any atom is 0.0407 e. The summed E-state index contributed by atoms with van der Waals surface area (Å²) >= 11 is 5.98. The molecular weight excluding hydrogens is 268 g/mol. The molecule has 2 atom stereocenters. The van der Waals surface area contributed by atoms with E-state index in [2.05, 4.69) is 29.3 Å². The van der Waals surface area contributed by atoms with Crippen LogP contribution in [0.25, 0.3) is 0 Å². The minimum absolute atomic E-state index is 0.634. The van der Waals surface area contributed by atoms with E-state index in [1.165, 1.54) is 37.9 Å². The minimum atomic E-state index is 0.634. The van der Waals surface area contributed by atoms with Crippen molar-refractivity contribution in [2.45, 2.75) is 38.6 Å². The molecule has 0 radical (unpaired) electrons. The fourth-order valence-electron chi connectivity index (χ4n) is 3.39. The first-order chi connectivity index (χ1) is 9.70. The Bertz CT molecular complexity index is 427. The number of nitrogens with one attached hydrogen (secondary N) is 1. The molecule has 2 nitrogen and oxygen atoms in total. The van der Waals surface area contributed by atoms with Gasteiger partial charge in [-0.15, -0.1) is 0 Å². The molecule has 1 aromatic rings. The van der Waals surface area contributed by atoms with E-state index in [0.717, 1.165) is 29.9 Å². The Kier molecular flexibility index (Phi) is 4.52. The molecule has 2 fully saturated rings. The van der Waals surface area contributed by atoms with Crippen molar-refractivity contribution >= 4 is 17.3 Å². The summed E-state index contributed by atoms with van der Waals surface area (Å²) < 4.78 is 0. The van der Waals surface area contributed by atoms with E-state index in [0.29, 0.717) is 6.04 Å². The highest BCUT2D eigenvalue weighted by Gasteiger charge is 2.26. The summed E-state index contributed by atoms with van der Waals surface area (Å²) in [7, 11) is 0. The largest absolute Gasteiger partial charge is 0.370 e. The van der Waals surface area contributed by atoms with Crippen molar-refractivity contribution < 1.29 is 0 Å². The van der Waals surface area contributed by atoms with Crippen LogP contribution in [0.15, 0.2) is 24.3 Å². The summed E-state index contributed by atoms with van der Waals surface area (Å²) in [5.41, 5.74) is 1.30. The molecule has 1 aliphatic carbocycles. The van der Waals surface area contributed by atoms with Gasteiger partial charge in [0.25, 0.3) is 0 Å². The van der Waals surface area contributed by atoms with Crippen LogP contribution in [0.1, 0.15) is 32.6 Å². The molecule has 3 heteroatoms. The van der Waals surface area contributed by atoms with Crippen molar-refractivity contribution in [3.05, 3.63) is 29.3 Å². The molecule has 0 bridgehead atoms. The Morgan fingerprint density at radius 3 is 2.60 bits per heavy atom.